The minimum atomic E-state index is -0.405. The zero-order chi connectivity index (χ0) is 17.5. The molecule has 1 aromatic carbocycles. The van der Waals surface area contributed by atoms with Crippen molar-refractivity contribution in [2.45, 2.75) is 24.7 Å². The summed E-state index contributed by atoms with van der Waals surface area (Å²) in [5.74, 6) is 1.84. The van der Waals surface area contributed by atoms with E-state index in [1.54, 1.807) is 13.2 Å². The first-order chi connectivity index (χ1) is 11.5. The van der Waals surface area contributed by atoms with E-state index in [0.29, 0.717) is 23.3 Å². The van der Waals surface area contributed by atoms with Gasteiger partial charge in [0, 0.05) is 6.54 Å². The lowest BCUT2D eigenvalue weighted by Gasteiger charge is -2.15. The maximum atomic E-state index is 11.0. The number of carbonyl (C=O) groups excluding carboxylic acids is 1. The van der Waals surface area contributed by atoms with Gasteiger partial charge in [-0.05, 0) is 31.2 Å². The van der Waals surface area contributed by atoms with Crippen molar-refractivity contribution in [3.63, 3.8) is 0 Å². The van der Waals surface area contributed by atoms with Crippen LogP contribution in [-0.4, -0.2) is 33.5 Å². The zero-order valence-electron chi connectivity index (χ0n) is 13.6. The largest absolute Gasteiger partial charge is 0.497 e. The Morgan fingerprint density at radius 1 is 1.38 bits per heavy atom. The van der Waals surface area contributed by atoms with Crippen molar-refractivity contribution >= 4 is 17.7 Å². The minimum absolute atomic E-state index is 0.142. The number of allylic oxidation sites excluding steroid dienone is 1. The molecular weight excluding hydrogens is 328 g/mol. The van der Waals surface area contributed by atoms with Crippen LogP contribution in [0.1, 0.15) is 18.9 Å². The van der Waals surface area contributed by atoms with E-state index in [4.69, 9.17) is 15.2 Å². The first-order valence-electron chi connectivity index (χ1n) is 7.31. The molecule has 8 heteroatoms. The fourth-order valence-electron chi connectivity index (χ4n) is 2.06. The predicted molar refractivity (Wildman–Crippen MR) is 92.2 cm³/mol. The van der Waals surface area contributed by atoms with Crippen molar-refractivity contribution in [2.24, 2.45) is 5.73 Å². The Morgan fingerprint density at radius 2 is 2.04 bits per heavy atom. The normalized spacial score (nSPS) is 11.8. The Balaban J connectivity index is 2.16. The molecule has 1 heterocycles. The molecule has 2 aromatic rings. The third kappa shape index (κ3) is 4.51. The number of thioether (sulfide) groups is 1. The first kappa shape index (κ1) is 17.9. The molecular formula is C16H20N4O3S. The number of benzene rings is 1. The van der Waals surface area contributed by atoms with Crippen molar-refractivity contribution in [2.75, 3.05) is 12.9 Å². The standard InChI is InChI=1S/C16H20N4O3S/c1-4-9-20-15(18-19-16(20)24-10-14(17)21)11(2)23-13-7-5-12(22-3)6-8-13/h4-8,11H,1,9-10H2,2-3H3,(H2,17,21)/t11-/m1/s1. The van der Waals surface area contributed by atoms with Crippen molar-refractivity contribution in [1.82, 2.24) is 14.8 Å². The van der Waals surface area contributed by atoms with Crippen molar-refractivity contribution < 1.29 is 14.3 Å². The van der Waals surface area contributed by atoms with Crippen LogP contribution in [0.15, 0.2) is 42.1 Å². The van der Waals surface area contributed by atoms with E-state index < -0.39 is 5.91 Å². The molecule has 1 atom stereocenters. The number of hydrogen-bond acceptors (Lipinski definition) is 6. The van der Waals surface area contributed by atoms with Gasteiger partial charge in [0.15, 0.2) is 17.1 Å². The highest BCUT2D eigenvalue weighted by molar-refractivity contribution is 7.99. The molecule has 0 saturated heterocycles. The number of methoxy groups -OCH3 is 1. The first-order valence-corrected chi connectivity index (χ1v) is 8.29. The predicted octanol–water partition coefficient (Wildman–Crippen LogP) is 2.19. The molecule has 128 valence electrons. The molecule has 2 rings (SSSR count). The number of aromatic nitrogens is 3. The van der Waals surface area contributed by atoms with E-state index in [1.165, 1.54) is 11.8 Å². The fraction of sp³-hybridized carbons (Fsp3) is 0.312. The number of ether oxygens (including phenoxy) is 2. The molecule has 2 N–H and O–H groups in total. The fourth-order valence-corrected chi connectivity index (χ4v) is 2.75. The summed E-state index contributed by atoms with van der Waals surface area (Å²) in [6, 6.07) is 7.30. The lowest BCUT2D eigenvalue weighted by molar-refractivity contribution is -0.115. The highest BCUT2D eigenvalue weighted by Crippen LogP contribution is 2.25. The van der Waals surface area contributed by atoms with E-state index >= 15 is 0 Å². The van der Waals surface area contributed by atoms with E-state index in [1.807, 2.05) is 35.8 Å². The van der Waals surface area contributed by atoms with Crippen LogP contribution in [0.4, 0.5) is 0 Å². The molecule has 0 spiro atoms. The summed E-state index contributed by atoms with van der Waals surface area (Å²) in [5.41, 5.74) is 5.18. The van der Waals surface area contributed by atoms with Gasteiger partial charge in [-0.3, -0.25) is 9.36 Å². The second-order valence-corrected chi connectivity index (χ2v) is 5.87. The van der Waals surface area contributed by atoms with Crippen LogP contribution in [0.3, 0.4) is 0 Å². The van der Waals surface area contributed by atoms with Crippen molar-refractivity contribution in [3.05, 3.63) is 42.7 Å². The van der Waals surface area contributed by atoms with Gasteiger partial charge in [0.05, 0.1) is 12.9 Å². The number of rotatable bonds is 9. The van der Waals surface area contributed by atoms with Gasteiger partial charge in [0.25, 0.3) is 0 Å². The molecule has 0 bridgehead atoms. The number of amides is 1. The maximum absolute atomic E-state index is 11.0. The van der Waals surface area contributed by atoms with Crippen LogP contribution in [0.2, 0.25) is 0 Å². The molecule has 0 radical (unpaired) electrons. The lowest BCUT2D eigenvalue weighted by atomic mass is 10.3. The summed E-state index contributed by atoms with van der Waals surface area (Å²) in [7, 11) is 1.61. The minimum Gasteiger partial charge on any atom is -0.497 e. The van der Waals surface area contributed by atoms with Crippen LogP contribution in [0.5, 0.6) is 11.5 Å². The van der Waals surface area contributed by atoms with Crippen LogP contribution in [0.25, 0.3) is 0 Å². The number of nitrogens with two attached hydrogens (primary N) is 1. The van der Waals surface area contributed by atoms with Crippen molar-refractivity contribution in [3.8, 4) is 11.5 Å². The summed E-state index contributed by atoms with van der Waals surface area (Å²) < 4.78 is 12.9. The molecule has 0 aliphatic carbocycles. The van der Waals surface area contributed by atoms with E-state index in [2.05, 4.69) is 16.8 Å². The number of carbonyl (C=O) groups is 1. The molecule has 1 amide bonds. The summed E-state index contributed by atoms with van der Waals surface area (Å²) in [5, 5.41) is 8.91. The zero-order valence-corrected chi connectivity index (χ0v) is 14.5. The number of primary amides is 1. The summed E-state index contributed by atoms with van der Waals surface area (Å²) >= 11 is 1.24. The Labute approximate surface area is 144 Å². The van der Waals surface area contributed by atoms with Crippen LogP contribution < -0.4 is 15.2 Å². The molecule has 0 aliphatic heterocycles. The van der Waals surface area contributed by atoms with Crippen LogP contribution in [-0.2, 0) is 11.3 Å². The third-order valence-corrected chi connectivity index (χ3v) is 4.13. The van der Waals surface area contributed by atoms with E-state index in [0.717, 1.165) is 5.75 Å². The molecule has 24 heavy (non-hydrogen) atoms. The van der Waals surface area contributed by atoms with Gasteiger partial charge < -0.3 is 15.2 Å². The average molecular weight is 348 g/mol. The molecule has 0 fully saturated rings. The summed E-state index contributed by atoms with van der Waals surface area (Å²) in [6.45, 7) is 6.14. The van der Waals surface area contributed by atoms with Crippen LogP contribution in [0, 0.1) is 0 Å². The van der Waals surface area contributed by atoms with E-state index in [9.17, 15) is 4.79 Å². The second kappa shape index (κ2) is 8.39. The lowest BCUT2D eigenvalue weighted by Crippen LogP contribution is -2.15. The molecule has 1 aromatic heterocycles. The van der Waals surface area contributed by atoms with Gasteiger partial charge in [-0.15, -0.1) is 16.8 Å². The Kier molecular flexibility index (Phi) is 6.25. The molecule has 0 unspecified atom stereocenters. The molecule has 0 saturated carbocycles. The van der Waals surface area contributed by atoms with Gasteiger partial charge in [0.2, 0.25) is 5.91 Å². The molecule has 0 aliphatic rings. The highest BCUT2D eigenvalue weighted by atomic mass is 32.2. The Bertz CT molecular complexity index is 700. The Morgan fingerprint density at radius 3 is 2.62 bits per heavy atom. The maximum Gasteiger partial charge on any atom is 0.227 e. The number of nitrogens with zero attached hydrogens (tertiary/aromatic N) is 3. The van der Waals surface area contributed by atoms with Crippen molar-refractivity contribution in [1.29, 1.82) is 0 Å². The third-order valence-electron chi connectivity index (χ3n) is 3.14. The smallest absolute Gasteiger partial charge is 0.227 e. The van der Waals surface area contributed by atoms with Gasteiger partial charge >= 0.3 is 0 Å². The topological polar surface area (TPSA) is 92.3 Å². The monoisotopic (exact) mass is 348 g/mol. The van der Waals surface area contributed by atoms with Gasteiger partial charge in [-0.2, -0.15) is 0 Å². The summed E-state index contributed by atoms with van der Waals surface area (Å²) in [6.07, 6.45) is 1.41. The van der Waals surface area contributed by atoms with Gasteiger partial charge in [0.1, 0.15) is 11.5 Å². The van der Waals surface area contributed by atoms with Crippen LogP contribution >= 0.6 is 11.8 Å². The SMILES string of the molecule is C=CCn1c(SCC(N)=O)nnc1[C@@H](C)Oc1ccc(OC)cc1. The van der Waals surface area contributed by atoms with Gasteiger partial charge in [-0.25, -0.2) is 0 Å². The Hall–Kier alpha value is -2.48. The number of hydrogen-bond donors (Lipinski definition) is 1. The van der Waals surface area contributed by atoms with Gasteiger partial charge in [-0.1, -0.05) is 17.8 Å². The summed E-state index contributed by atoms with van der Waals surface area (Å²) in [4.78, 5) is 11.0. The quantitative estimate of drug-likeness (QED) is 0.552. The second-order valence-electron chi connectivity index (χ2n) is 4.93. The average Bonchev–Trinajstić information content (AvgIpc) is 2.97. The molecule has 7 nitrogen and oxygen atoms in total. The highest BCUT2D eigenvalue weighted by Gasteiger charge is 2.19. The van der Waals surface area contributed by atoms with E-state index in [-0.39, 0.29) is 11.9 Å².